The molecule has 0 radical (unpaired) electrons. The minimum atomic E-state index is -0.784. The normalized spacial score (nSPS) is 13.8. The molecule has 1 N–H and O–H groups in total. The first kappa shape index (κ1) is 13.4. The molecule has 0 aromatic rings. The summed E-state index contributed by atoms with van der Waals surface area (Å²) in [6.07, 6.45) is -0.794. The van der Waals surface area contributed by atoms with Crippen LogP contribution < -0.4 is 0 Å². The van der Waals surface area contributed by atoms with E-state index in [1.54, 1.807) is 6.92 Å². The van der Waals surface area contributed by atoms with Crippen molar-refractivity contribution in [1.29, 1.82) is 0 Å². The first-order valence-corrected chi connectivity index (χ1v) is 4.83. The topological polar surface area (TPSA) is 55.8 Å². The Bertz CT molecular complexity index is 171. The summed E-state index contributed by atoms with van der Waals surface area (Å²) < 4.78 is 10.0. The maximum Gasteiger partial charge on any atom is 0.308 e. The Morgan fingerprint density at radius 2 is 2.00 bits per heavy atom. The smallest absolute Gasteiger partial charge is 0.308 e. The highest BCUT2D eigenvalue weighted by Crippen LogP contribution is 2.08. The van der Waals surface area contributed by atoms with Gasteiger partial charge >= 0.3 is 5.97 Å². The summed E-state index contributed by atoms with van der Waals surface area (Å²) in [5, 5.41) is 9.38. The average Bonchev–Trinajstić information content (AvgIpc) is 2.00. The molecule has 0 amide bonds. The quantitative estimate of drug-likeness (QED) is 0.682. The summed E-state index contributed by atoms with van der Waals surface area (Å²) >= 11 is 0. The van der Waals surface area contributed by atoms with E-state index in [0.717, 1.165) is 0 Å². The van der Waals surface area contributed by atoms with Crippen LogP contribution in [0.4, 0.5) is 0 Å². The Kier molecular flexibility index (Phi) is 5.72. The molecule has 14 heavy (non-hydrogen) atoms. The first-order valence-electron chi connectivity index (χ1n) is 4.83. The third-order valence-electron chi connectivity index (χ3n) is 1.42. The van der Waals surface area contributed by atoms with Crippen molar-refractivity contribution in [3.8, 4) is 0 Å². The number of aliphatic hydroxyl groups excluding tert-OH is 1. The third kappa shape index (κ3) is 8.01. The number of rotatable bonds is 5. The summed E-state index contributed by atoms with van der Waals surface area (Å²) in [5.41, 5.74) is -0.296. The summed E-state index contributed by atoms with van der Waals surface area (Å²) in [5.74, 6) is -0.391. The van der Waals surface area contributed by atoms with Gasteiger partial charge in [0.15, 0.2) is 0 Å². The second kappa shape index (κ2) is 5.98. The standard InChI is InChI=1S/C10H20O4/c1-5-13-9(12)6-8(11)7-14-10(2,3)4/h8,11H,5-7H2,1-4H3. The highest BCUT2D eigenvalue weighted by Gasteiger charge is 2.16. The van der Waals surface area contributed by atoms with E-state index in [9.17, 15) is 9.90 Å². The van der Waals surface area contributed by atoms with Gasteiger partial charge < -0.3 is 14.6 Å². The van der Waals surface area contributed by atoms with E-state index in [1.165, 1.54) is 0 Å². The lowest BCUT2D eigenvalue weighted by Gasteiger charge is -2.21. The maximum absolute atomic E-state index is 10.9. The summed E-state index contributed by atoms with van der Waals surface area (Å²) in [6.45, 7) is 7.90. The van der Waals surface area contributed by atoms with Crippen molar-refractivity contribution in [2.24, 2.45) is 0 Å². The molecule has 0 aliphatic rings. The lowest BCUT2D eigenvalue weighted by atomic mass is 10.2. The monoisotopic (exact) mass is 204 g/mol. The Hall–Kier alpha value is -0.610. The molecule has 1 atom stereocenters. The van der Waals surface area contributed by atoms with Crippen LogP contribution in [0.25, 0.3) is 0 Å². The van der Waals surface area contributed by atoms with Crippen molar-refractivity contribution >= 4 is 5.97 Å². The molecule has 4 nitrogen and oxygen atoms in total. The molecule has 0 aliphatic heterocycles. The number of hydrogen-bond acceptors (Lipinski definition) is 4. The maximum atomic E-state index is 10.9. The zero-order valence-corrected chi connectivity index (χ0v) is 9.37. The van der Waals surface area contributed by atoms with Crippen LogP contribution in [0.5, 0.6) is 0 Å². The van der Waals surface area contributed by atoms with Crippen LogP contribution in [0, 0.1) is 0 Å². The van der Waals surface area contributed by atoms with Gasteiger partial charge in [0.1, 0.15) is 0 Å². The van der Waals surface area contributed by atoms with E-state index in [-0.39, 0.29) is 18.6 Å². The van der Waals surface area contributed by atoms with Crippen LogP contribution in [-0.4, -0.2) is 36.0 Å². The van der Waals surface area contributed by atoms with Gasteiger partial charge in [0.05, 0.1) is 31.3 Å². The molecule has 0 heterocycles. The SMILES string of the molecule is CCOC(=O)CC(O)COC(C)(C)C. The van der Waals surface area contributed by atoms with E-state index in [2.05, 4.69) is 4.74 Å². The van der Waals surface area contributed by atoms with Crippen LogP contribution in [-0.2, 0) is 14.3 Å². The lowest BCUT2D eigenvalue weighted by Crippen LogP contribution is -2.28. The van der Waals surface area contributed by atoms with Gasteiger partial charge in [-0.2, -0.15) is 0 Å². The van der Waals surface area contributed by atoms with Crippen LogP contribution in [0.1, 0.15) is 34.1 Å². The Labute approximate surface area is 85.2 Å². The molecule has 0 aliphatic carbocycles. The van der Waals surface area contributed by atoms with Crippen molar-refractivity contribution in [3.63, 3.8) is 0 Å². The fourth-order valence-electron chi connectivity index (χ4n) is 0.817. The molecule has 84 valence electrons. The zero-order chi connectivity index (χ0) is 11.2. The number of ether oxygens (including phenoxy) is 2. The molecule has 4 heteroatoms. The molecule has 1 unspecified atom stereocenters. The van der Waals surface area contributed by atoms with Gasteiger partial charge in [-0.15, -0.1) is 0 Å². The molecule has 0 spiro atoms. The predicted octanol–water partition coefficient (Wildman–Crippen LogP) is 1.12. The largest absolute Gasteiger partial charge is 0.466 e. The number of hydrogen-bond donors (Lipinski definition) is 1. The number of carbonyl (C=O) groups excluding carboxylic acids is 1. The minimum Gasteiger partial charge on any atom is -0.466 e. The molecule has 0 aromatic heterocycles. The molecule has 0 saturated heterocycles. The average molecular weight is 204 g/mol. The highest BCUT2D eigenvalue weighted by atomic mass is 16.5. The van der Waals surface area contributed by atoms with E-state index >= 15 is 0 Å². The molecule has 0 rings (SSSR count). The van der Waals surface area contributed by atoms with Gasteiger partial charge in [-0.05, 0) is 27.7 Å². The lowest BCUT2D eigenvalue weighted by molar-refractivity contribution is -0.147. The van der Waals surface area contributed by atoms with Crippen LogP contribution in [0.2, 0.25) is 0 Å². The van der Waals surface area contributed by atoms with E-state index in [0.29, 0.717) is 6.61 Å². The highest BCUT2D eigenvalue weighted by molar-refractivity contribution is 5.69. The van der Waals surface area contributed by atoms with Gasteiger partial charge in [0, 0.05) is 0 Å². The Morgan fingerprint density at radius 1 is 1.43 bits per heavy atom. The Balaban J connectivity index is 3.65. The molecular formula is C10H20O4. The van der Waals surface area contributed by atoms with Gasteiger partial charge in [0.25, 0.3) is 0 Å². The van der Waals surface area contributed by atoms with Gasteiger partial charge in [0.2, 0.25) is 0 Å². The summed E-state index contributed by atoms with van der Waals surface area (Å²) in [6, 6.07) is 0. The minimum absolute atomic E-state index is 0.01000. The van der Waals surface area contributed by atoms with Crippen molar-refractivity contribution in [3.05, 3.63) is 0 Å². The van der Waals surface area contributed by atoms with Crippen LogP contribution in [0.3, 0.4) is 0 Å². The van der Waals surface area contributed by atoms with Crippen molar-refractivity contribution in [2.75, 3.05) is 13.2 Å². The number of carbonyl (C=O) groups is 1. The first-order chi connectivity index (χ1) is 6.35. The van der Waals surface area contributed by atoms with E-state index in [1.807, 2.05) is 20.8 Å². The molecule has 0 bridgehead atoms. The summed E-state index contributed by atoms with van der Waals surface area (Å²) in [7, 11) is 0. The second-order valence-corrected chi connectivity index (χ2v) is 4.09. The molecule has 0 aromatic carbocycles. The number of esters is 1. The molecule has 0 fully saturated rings. The Morgan fingerprint density at radius 3 is 2.43 bits per heavy atom. The van der Waals surface area contributed by atoms with Gasteiger partial charge in [-0.3, -0.25) is 4.79 Å². The van der Waals surface area contributed by atoms with Crippen molar-refractivity contribution < 1.29 is 19.4 Å². The van der Waals surface area contributed by atoms with Crippen LogP contribution >= 0.6 is 0 Å². The van der Waals surface area contributed by atoms with Gasteiger partial charge in [-0.1, -0.05) is 0 Å². The van der Waals surface area contributed by atoms with E-state index in [4.69, 9.17) is 4.74 Å². The van der Waals surface area contributed by atoms with Gasteiger partial charge in [-0.25, -0.2) is 0 Å². The van der Waals surface area contributed by atoms with E-state index < -0.39 is 12.1 Å². The molecular weight excluding hydrogens is 184 g/mol. The van der Waals surface area contributed by atoms with Crippen molar-refractivity contribution in [1.82, 2.24) is 0 Å². The second-order valence-electron chi connectivity index (χ2n) is 4.09. The third-order valence-corrected chi connectivity index (χ3v) is 1.42. The zero-order valence-electron chi connectivity index (χ0n) is 9.37. The predicted molar refractivity (Wildman–Crippen MR) is 53.0 cm³/mol. The van der Waals surface area contributed by atoms with Crippen LogP contribution in [0.15, 0.2) is 0 Å². The fraction of sp³-hybridized carbons (Fsp3) is 0.900. The van der Waals surface area contributed by atoms with Crippen molar-refractivity contribution in [2.45, 2.75) is 45.8 Å². The molecule has 0 saturated carbocycles. The summed E-state index contributed by atoms with van der Waals surface area (Å²) in [4.78, 5) is 10.9. The number of aliphatic hydroxyl groups is 1. The fourth-order valence-corrected chi connectivity index (χ4v) is 0.817.